The standard InChI is InChI=1S/C20H22N2O5S/c23-20-16-7-1-4-10-19(16)28(24,25)22(20)12-6-5-11-21-13-15-14-26-17-8-2-3-9-18(17)27-15/h1-4,7-10,15,21H,5-6,11-14H2. The average Bonchev–Trinajstić information content (AvgIpc) is 2.91. The predicted octanol–water partition coefficient (Wildman–Crippen LogP) is 2.04. The fraction of sp³-hybridized carbons (Fsp3) is 0.350. The van der Waals surface area contributed by atoms with Crippen molar-refractivity contribution >= 4 is 15.9 Å². The van der Waals surface area contributed by atoms with E-state index in [9.17, 15) is 13.2 Å². The van der Waals surface area contributed by atoms with Crippen LogP contribution in [0.15, 0.2) is 53.4 Å². The summed E-state index contributed by atoms with van der Waals surface area (Å²) in [5, 5.41) is 3.30. The smallest absolute Gasteiger partial charge is 0.269 e. The molecule has 0 spiro atoms. The highest BCUT2D eigenvalue weighted by atomic mass is 32.2. The maximum atomic E-state index is 12.5. The van der Waals surface area contributed by atoms with E-state index in [2.05, 4.69) is 5.32 Å². The van der Waals surface area contributed by atoms with E-state index in [1.165, 1.54) is 6.07 Å². The van der Waals surface area contributed by atoms with Crippen LogP contribution in [0.4, 0.5) is 0 Å². The first-order valence-corrected chi connectivity index (χ1v) is 10.8. The Labute approximate surface area is 164 Å². The van der Waals surface area contributed by atoms with Crippen LogP contribution in [0, 0.1) is 0 Å². The molecule has 0 saturated carbocycles. The van der Waals surface area contributed by atoms with Crippen LogP contribution >= 0.6 is 0 Å². The number of carbonyl (C=O) groups is 1. The van der Waals surface area contributed by atoms with Crippen molar-refractivity contribution in [1.82, 2.24) is 9.62 Å². The van der Waals surface area contributed by atoms with Gasteiger partial charge in [-0.2, -0.15) is 0 Å². The van der Waals surface area contributed by atoms with Gasteiger partial charge in [-0.05, 0) is 43.7 Å². The van der Waals surface area contributed by atoms with E-state index in [0.29, 0.717) is 26.1 Å². The molecular formula is C20H22N2O5S. The molecule has 0 saturated heterocycles. The lowest BCUT2D eigenvalue weighted by molar-refractivity contribution is 0.0868. The summed E-state index contributed by atoms with van der Waals surface area (Å²) >= 11 is 0. The van der Waals surface area contributed by atoms with Gasteiger partial charge in [0.15, 0.2) is 11.5 Å². The second-order valence-electron chi connectivity index (χ2n) is 6.79. The summed E-state index contributed by atoms with van der Waals surface area (Å²) in [6.45, 7) is 2.02. The molecule has 1 N–H and O–H groups in total. The molecule has 7 nitrogen and oxygen atoms in total. The van der Waals surface area contributed by atoms with Crippen molar-refractivity contribution in [2.45, 2.75) is 23.8 Å². The molecule has 0 bridgehead atoms. The molecule has 2 aromatic carbocycles. The molecule has 1 atom stereocenters. The van der Waals surface area contributed by atoms with E-state index in [0.717, 1.165) is 22.2 Å². The molecule has 2 aliphatic heterocycles. The van der Waals surface area contributed by atoms with Crippen LogP contribution in [0.5, 0.6) is 11.5 Å². The number of hydrogen-bond acceptors (Lipinski definition) is 6. The molecule has 2 aromatic rings. The van der Waals surface area contributed by atoms with Crippen LogP contribution in [-0.2, 0) is 10.0 Å². The van der Waals surface area contributed by atoms with Gasteiger partial charge in [0.25, 0.3) is 15.9 Å². The monoisotopic (exact) mass is 402 g/mol. The normalized spacial score (nSPS) is 19.5. The first-order valence-electron chi connectivity index (χ1n) is 9.32. The van der Waals surface area contributed by atoms with Gasteiger partial charge >= 0.3 is 0 Å². The Morgan fingerprint density at radius 1 is 1.04 bits per heavy atom. The average molecular weight is 402 g/mol. The molecule has 8 heteroatoms. The van der Waals surface area contributed by atoms with Crippen molar-refractivity contribution in [2.24, 2.45) is 0 Å². The number of amides is 1. The van der Waals surface area contributed by atoms with E-state index < -0.39 is 15.9 Å². The Hall–Kier alpha value is -2.58. The summed E-state index contributed by atoms with van der Waals surface area (Å²) in [4.78, 5) is 12.4. The van der Waals surface area contributed by atoms with Crippen molar-refractivity contribution in [3.8, 4) is 11.5 Å². The van der Waals surface area contributed by atoms with Gasteiger partial charge < -0.3 is 14.8 Å². The molecule has 2 aliphatic rings. The third kappa shape index (κ3) is 3.57. The number of nitrogens with zero attached hydrogens (tertiary/aromatic N) is 1. The summed E-state index contributed by atoms with van der Waals surface area (Å²) in [7, 11) is -3.71. The number of ether oxygens (including phenoxy) is 2. The van der Waals surface area contributed by atoms with E-state index in [1.807, 2.05) is 24.3 Å². The van der Waals surface area contributed by atoms with Crippen molar-refractivity contribution < 1.29 is 22.7 Å². The number of hydrogen-bond donors (Lipinski definition) is 1. The number of unbranched alkanes of at least 4 members (excludes halogenated alkanes) is 1. The number of benzene rings is 2. The SMILES string of the molecule is O=C1c2ccccc2S(=O)(=O)N1CCCCNCC1COc2ccccc2O1. The van der Waals surface area contributed by atoms with Gasteiger partial charge in [0, 0.05) is 13.1 Å². The van der Waals surface area contributed by atoms with Gasteiger partial charge in [-0.25, -0.2) is 12.7 Å². The molecule has 4 rings (SSSR count). The van der Waals surface area contributed by atoms with Crippen LogP contribution in [0.2, 0.25) is 0 Å². The molecule has 0 aliphatic carbocycles. The van der Waals surface area contributed by atoms with Gasteiger partial charge in [-0.3, -0.25) is 4.79 Å². The molecule has 28 heavy (non-hydrogen) atoms. The number of carbonyl (C=O) groups excluding carboxylic acids is 1. The molecule has 0 radical (unpaired) electrons. The van der Waals surface area contributed by atoms with Crippen LogP contribution in [0.1, 0.15) is 23.2 Å². The third-order valence-corrected chi connectivity index (χ3v) is 6.66. The first kappa shape index (κ1) is 18.8. The maximum Gasteiger partial charge on any atom is 0.269 e. The Kier molecular flexibility index (Phi) is 5.23. The molecular weight excluding hydrogens is 380 g/mol. The largest absolute Gasteiger partial charge is 0.486 e. The van der Waals surface area contributed by atoms with Crippen molar-refractivity contribution in [2.75, 3.05) is 26.2 Å². The van der Waals surface area contributed by atoms with E-state index in [4.69, 9.17) is 9.47 Å². The minimum Gasteiger partial charge on any atom is -0.486 e. The van der Waals surface area contributed by atoms with Crippen LogP contribution in [0.25, 0.3) is 0 Å². The molecule has 1 amide bonds. The molecule has 1 unspecified atom stereocenters. The first-order chi connectivity index (χ1) is 13.6. The number of rotatable bonds is 7. The van der Waals surface area contributed by atoms with Crippen LogP contribution in [0.3, 0.4) is 0 Å². The summed E-state index contributed by atoms with van der Waals surface area (Å²) in [6.07, 6.45) is 1.28. The van der Waals surface area contributed by atoms with Gasteiger partial charge in [0.2, 0.25) is 0 Å². The zero-order valence-electron chi connectivity index (χ0n) is 15.3. The highest BCUT2D eigenvalue weighted by molar-refractivity contribution is 7.90. The van der Waals surface area contributed by atoms with E-state index >= 15 is 0 Å². The minimum atomic E-state index is -3.71. The van der Waals surface area contributed by atoms with E-state index in [1.54, 1.807) is 18.2 Å². The lowest BCUT2D eigenvalue weighted by atomic mass is 10.2. The van der Waals surface area contributed by atoms with Gasteiger partial charge in [0.1, 0.15) is 17.6 Å². The van der Waals surface area contributed by atoms with Gasteiger partial charge in [-0.1, -0.05) is 24.3 Å². The molecule has 0 fully saturated rings. The van der Waals surface area contributed by atoms with E-state index in [-0.39, 0.29) is 23.1 Å². The highest BCUT2D eigenvalue weighted by Gasteiger charge is 2.40. The Bertz CT molecular complexity index is 976. The summed E-state index contributed by atoms with van der Waals surface area (Å²) in [5.41, 5.74) is 0.260. The Morgan fingerprint density at radius 2 is 1.79 bits per heavy atom. The Balaban J connectivity index is 1.20. The number of para-hydroxylation sites is 2. The van der Waals surface area contributed by atoms with Crippen molar-refractivity contribution in [3.63, 3.8) is 0 Å². The zero-order valence-corrected chi connectivity index (χ0v) is 16.2. The maximum absolute atomic E-state index is 12.5. The third-order valence-electron chi connectivity index (χ3n) is 4.82. The second-order valence-corrected chi connectivity index (χ2v) is 8.62. The van der Waals surface area contributed by atoms with Gasteiger partial charge in [0.05, 0.1) is 5.56 Å². The van der Waals surface area contributed by atoms with Crippen molar-refractivity contribution in [3.05, 3.63) is 54.1 Å². The molecule has 2 heterocycles. The quantitative estimate of drug-likeness (QED) is 0.714. The fourth-order valence-electron chi connectivity index (χ4n) is 3.38. The number of nitrogens with one attached hydrogen (secondary N) is 1. The second kappa shape index (κ2) is 7.81. The minimum absolute atomic E-state index is 0.0649. The highest BCUT2D eigenvalue weighted by Crippen LogP contribution is 2.31. The molecule has 0 aromatic heterocycles. The van der Waals surface area contributed by atoms with Crippen LogP contribution < -0.4 is 14.8 Å². The summed E-state index contributed by atoms with van der Waals surface area (Å²) in [5.74, 6) is 1.07. The Morgan fingerprint density at radius 3 is 2.61 bits per heavy atom. The zero-order chi connectivity index (χ0) is 19.6. The fourth-order valence-corrected chi connectivity index (χ4v) is 4.99. The predicted molar refractivity (Wildman–Crippen MR) is 103 cm³/mol. The van der Waals surface area contributed by atoms with Crippen molar-refractivity contribution in [1.29, 1.82) is 0 Å². The number of sulfonamides is 1. The molecule has 148 valence electrons. The lowest BCUT2D eigenvalue weighted by Gasteiger charge is -2.26. The van der Waals surface area contributed by atoms with Gasteiger partial charge in [-0.15, -0.1) is 0 Å². The lowest BCUT2D eigenvalue weighted by Crippen LogP contribution is -2.39. The topological polar surface area (TPSA) is 84.9 Å². The summed E-state index contributed by atoms with van der Waals surface area (Å²) in [6, 6.07) is 13.9. The number of fused-ring (bicyclic) bond motifs is 2. The summed E-state index contributed by atoms with van der Waals surface area (Å²) < 4.78 is 37.5. The van der Waals surface area contributed by atoms with Crippen LogP contribution in [-0.4, -0.2) is 51.0 Å².